The second kappa shape index (κ2) is 10.8. The Morgan fingerprint density at radius 3 is 2.47 bits per heavy atom. The van der Waals surface area contributed by atoms with E-state index in [4.69, 9.17) is 0 Å². The number of fused-ring (bicyclic) bond motifs is 1. The first-order valence-electron chi connectivity index (χ1n) is 11.8. The third-order valence-electron chi connectivity index (χ3n) is 6.31. The highest BCUT2D eigenvalue weighted by Crippen LogP contribution is 2.22. The van der Waals surface area contributed by atoms with E-state index in [1.54, 1.807) is 0 Å². The lowest BCUT2D eigenvalue weighted by Crippen LogP contribution is -2.48. The van der Waals surface area contributed by atoms with Crippen LogP contribution >= 0.6 is 27.7 Å². The molecule has 0 unspecified atom stereocenters. The van der Waals surface area contributed by atoms with Gasteiger partial charge in [-0.25, -0.2) is 9.55 Å². The summed E-state index contributed by atoms with van der Waals surface area (Å²) in [5, 5.41) is 3.93. The van der Waals surface area contributed by atoms with Gasteiger partial charge in [0.1, 0.15) is 0 Å². The summed E-state index contributed by atoms with van der Waals surface area (Å²) < 4.78 is 2.97. The molecule has 0 aliphatic carbocycles. The van der Waals surface area contributed by atoms with E-state index in [1.165, 1.54) is 11.8 Å². The maximum Gasteiger partial charge on any atom is 0.317 e. The van der Waals surface area contributed by atoms with Gasteiger partial charge in [0.25, 0.3) is 5.91 Å². The summed E-state index contributed by atoms with van der Waals surface area (Å²) >= 11 is 4.91. The van der Waals surface area contributed by atoms with Crippen LogP contribution in [0, 0.1) is 0 Å². The maximum atomic E-state index is 12.8. The van der Waals surface area contributed by atoms with E-state index in [0.29, 0.717) is 24.4 Å². The summed E-state index contributed by atoms with van der Waals surface area (Å²) in [5.41, 5.74) is 4.72. The monoisotopic (exact) mass is 564 g/mol. The quantitative estimate of drug-likeness (QED) is 0.268. The van der Waals surface area contributed by atoms with E-state index in [-0.39, 0.29) is 11.8 Å². The van der Waals surface area contributed by atoms with Crippen molar-refractivity contribution < 1.29 is 14.2 Å². The van der Waals surface area contributed by atoms with Crippen molar-refractivity contribution in [3.63, 3.8) is 0 Å². The number of piperazine rings is 1. The highest BCUT2D eigenvalue weighted by Gasteiger charge is 2.22. The van der Waals surface area contributed by atoms with Gasteiger partial charge in [-0.3, -0.25) is 9.59 Å². The molecule has 0 radical (unpaired) electrons. The van der Waals surface area contributed by atoms with Crippen LogP contribution < -0.4 is 14.8 Å². The largest absolute Gasteiger partial charge is 0.368 e. The van der Waals surface area contributed by atoms with Crippen LogP contribution in [0.5, 0.6) is 0 Å². The summed E-state index contributed by atoms with van der Waals surface area (Å²) in [6.07, 6.45) is 0. The third kappa shape index (κ3) is 5.42. The minimum absolute atomic E-state index is 0.0499. The van der Waals surface area contributed by atoms with Crippen molar-refractivity contribution in [1.82, 2.24) is 9.88 Å². The molecule has 2 amide bonds. The molecule has 36 heavy (non-hydrogen) atoms. The van der Waals surface area contributed by atoms with E-state index >= 15 is 0 Å². The standard InChI is InChI=1S/C27H26BrN5O2S/c1-31-24-8-3-2-7-23(24)30-27(31)36-18-25(34)29-21-9-11-22(12-10-21)32-13-15-33(16-14-32)26(35)19-5-4-6-20(28)17-19/h2-12,17H,13-16,18H2,1H3,(H,29,34)/p+1. The van der Waals surface area contributed by atoms with Gasteiger partial charge in [-0.05, 0) is 66.4 Å². The zero-order valence-electron chi connectivity index (χ0n) is 19.9. The molecule has 5 rings (SSSR count). The SMILES string of the molecule is C[n+]1c(SCC(=O)Nc2ccc(N3CCN(C(=O)c4cccc(Br)c4)CC3)cc2)[nH]c2ccccc21. The van der Waals surface area contributed by atoms with Gasteiger partial charge in [-0.2, -0.15) is 0 Å². The third-order valence-corrected chi connectivity index (χ3v) is 7.86. The Hall–Kier alpha value is -3.30. The van der Waals surface area contributed by atoms with Crippen molar-refractivity contribution >= 4 is 61.9 Å². The minimum Gasteiger partial charge on any atom is -0.368 e. The fourth-order valence-corrected chi connectivity index (χ4v) is 5.58. The number of aryl methyl sites for hydroxylation is 1. The van der Waals surface area contributed by atoms with Crippen LogP contribution in [-0.2, 0) is 11.8 Å². The van der Waals surface area contributed by atoms with Crippen LogP contribution in [-0.4, -0.2) is 53.6 Å². The van der Waals surface area contributed by atoms with Crippen LogP contribution in [0.1, 0.15) is 10.4 Å². The number of thioether (sulfide) groups is 1. The highest BCUT2D eigenvalue weighted by atomic mass is 79.9. The van der Waals surface area contributed by atoms with Crippen molar-refractivity contribution in [2.75, 3.05) is 42.1 Å². The lowest BCUT2D eigenvalue weighted by atomic mass is 10.1. The van der Waals surface area contributed by atoms with Crippen LogP contribution in [0.15, 0.2) is 82.4 Å². The normalized spacial score (nSPS) is 13.7. The van der Waals surface area contributed by atoms with E-state index in [2.05, 4.69) is 41.8 Å². The fraction of sp³-hybridized carbons (Fsp3) is 0.222. The van der Waals surface area contributed by atoms with Gasteiger partial charge in [0.05, 0.1) is 12.8 Å². The predicted molar refractivity (Wildman–Crippen MR) is 148 cm³/mol. The minimum atomic E-state index is -0.0499. The van der Waals surface area contributed by atoms with E-state index in [0.717, 1.165) is 45.1 Å². The number of H-pyrrole nitrogens is 1. The summed E-state index contributed by atoms with van der Waals surface area (Å²) in [7, 11) is 1.99. The number of carbonyl (C=O) groups excluding carboxylic acids is 2. The highest BCUT2D eigenvalue weighted by molar-refractivity contribution is 9.10. The number of benzene rings is 3. The molecule has 4 aromatic rings. The van der Waals surface area contributed by atoms with Crippen molar-refractivity contribution in [2.45, 2.75) is 5.16 Å². The Morgan fingerprint density at radius 1 is 1.00 bits per heavy atom. The number of carbonyl (C=O) groups is 2. The smallest absolute Gasteiger partial charge is 0.317 e. The number of halogens is 1. The number of imidazole rings is 1. The number of aromatic nitrogens is 2. The molecule has 7 nitrogen and oxygen atoms in total. The topological polar surface area (TPSA) is 72.3 Å². The molecule has 1 aromatic heterocycles. The predicted octanol–water partition coefficient (Wildman–Crippen LogP) is 4.45. The Balaban J connectivity index is 1.12. The molecule has 3 aromatic carbocycles. The van der Waals surface area contributed by atoms with Crippen molar-refractivity contribution in [1.29, 1.82) is 0 Å². The Kier molecular flexibility index (Phi) is 7.29. The first kappa shape index (κ1) is 24.4. The summed E-state index contributed by atoms with van der Waals surface area (Å²) in [6.45, 7) is 2.88. The lowest BCUT2D eigenvalue weighted by Gasteiger charge is -2.36. The molecule has 2 N–H and O–H groups in total. The van der Waals surface area contributed by atoms with Crippen LogP contribution in [0.2, 0.25) is 0 Å². The van der Waals surface area contributed by atoms with E-state index in [1.807, 2.05) is 78.7 Å². The second-order valence-electron chi connectivity index (χ2n) is 8.68. The maximum absolute atomic E-state index is 12.8. The van der Waals surface area contributed by atoms with Crippen molar-refractivity contribution in [3.8, 4) is 0 Å². The lowest BCUT2D eigenvalue weighted by molar-refractivity contribution is -0.683. The molecule has 1 aliphatic heterocycles. The molecule has 1 aliphatic rings. The van der Waals surface area contributed by atoms with Crippen LogP contribution in [0.3, 0.4) is 0 Å². The number of nitrogens with one attached hydrogen (secondary N) is 2. The average Bonchev–Trinajstić information content (AvgIpc) is 3.23. The Bertz CT molecular complexity index is 1400. The number of nitrogens with zero attached hydrogens (tertiary/aromatic N) is 3. The average molecular weight is 566 g/mol. The van der Waals surface area contributed by atoms with Crippen LogP contribution in [0.25, 0.3) is 11.0 Å². The molecule has 0 atom stereocenters. The van der Waals surface area contributed by atoms with Crippen molar-refractivity contribution in [2.24, 2.45) is 7.05 Å². The molecular weight excluding hydrogens is 538 g/mol. The van der Waals surface area contributed by atoms with Gasteiger partial charge in [-0.15, -0.1) is 0 Å². The summed E-state index contributed by atoms with van der Waals surface area (Å²) in [5.74, 6) is 0.329. The first-order chi connectivity index (χ1) is 17.5. The fourth-order valence-electron chi connectivity index (χ4n) is 4.37. The number of hydrogen-bond acceptors (Lipinski definition) is 4. The Morgan fingerprint density at radius 2 is 1.75 bits per heavy atom. The molecular formula is C27H27BrN5O2S+. The molecule has 0 spiro atoms. The molecule has 1 saturated heterocycles. The number of amides is 2. The summed E-state index contributed by atoms with van der Waals surface area (Å²) in [6, 6.07) is 23.5. The molecule has 184 valence electrons. The number of hydrogen-bond donors (Lipinski definition) is 2. The second-order valence-corrected chi connectivity index (χ2v) is 10.6. The van der Waals surface area contributed by atoms with E-state index < -0.39 is 0 Å². The Labute approximate surface area is 222 Å². The zero-order valence-corrected chi connectivity index (χ0v) is 22.3. The van der Waals surface area contributed by atoms with Gasteiger partial charge in [0, 0.05) is 47.6 Å². The molecule has 0 saturated carbocycles. The van der Waals surface area contributed by atoms with Gasteiger partial charge >= 0.3 is 5.16 Å². The van der Waals surface area contributed by atoms with Gasteiger partial charge in [0.2, 0.25) is 5.91 Å². The van der Waals surface area contributed by atoms with Gasteiger partial charge in [-0.1, -0.05) is 34.1 Å². The molecule has 9 heteroatoms. The number of para-hydroxylation sites is 2. The van der Waals surface area contributed by atoms with E-state index in [9.17, 15) is 9.59 Å². The number of rotatable bonds is 6. The van der Waals surface area contributed by atoms with Crippen molar-refractivity contribution in [3.05, 3.63) is 82.8 Å². The molecule has 1 fully saturated rings. The first-order valence-corrected chi connectivity index (χ1v) is 13.5. The van der Waals surface area contributed by atoms with Gasteiger partial charge < -0.3 is 15.1 Å². The zero-order chi connectivity index (χ0) is 25.1. The number of anilines is 2. The molecule has 2 heterocycles. The molecule has 0 bridgehead atoms. The van der Waals surface area contributed by atoms with Gasteiger partial charge in [0.15, 0.2) is 11.0 Å². The summed E-state index contributed by atoms with van der Waals surface area (Å²) in [4.78, 5) is 32.9. The van der Waals surface area contributed by atoms with Crippen LogP contribution in [0.4, 0.5) is 11.4 Å². The number of aromatic amines is 1.